The van der Waals surface area contributed by atoms with Gasteiger partial charge in [0.25, 0.3) is 0 Å². The Bertz CT molecular complexity index is 1050. The third-order valence-corrected chi connectivity index (χ3v) is 6.57. The summed E-state index contributed by atoms with van der Waals surface area (Å²) in [7, 11) is 0. The number of fused-ring (bicyclic) bond motifs is 2. The molecule has 180 valence electrons. The van der Waals surface area contributed by atoms with Crippen molar-refractivity contribution >= 4 is 35.3 Å². The summed E-state index contributed by atoms with van der Waals surface area (Å²) in [5.41, 5.74) is 2.34. The van der Waals surface area contributed by atoms with Crippen LogP contribution in [-0.2, 0) is 11.3 Å². The zero-order valence-corrected chi connectivity index (χ0v) is 20.0. The third kappa shape index (κ3) is 5.96. The van der Waals surface area contributed by atoms with Crippen LogP contribution in [0, 0.1) is 5.82 Å². The topological polar surface area (TPSA) is 64.7 Å². The summed E-state index contributed by atoms with van der Waals surface area (Å²) < 4.78 is 13.2. The van der Waals surface area contributed by atoms with E-state index < -0.39 is 0 Å². The number of halogens is 2. The number of urea groups is 1. The normalized spacial score (nSPS) is 20.0. The minimum absolute atomic E-state index is 0.0229. The molecule has 4 rings (SSSR count). The first-order valence-electron chi connectivity index (χ1n) is 11.7. The number of carbonyl (C=O) groups excluding carboxylic acids is 2. The average Bonchev–Trinajstić information content (AvgIpc) is 3.09. The molecule has 34 heavy (non-hydrogen) atoms. The standard InChI is InChI=1S/C26H30ClFN4O2/c1-2-13-29-26(34)30-24-14-20(27)7-5-19(24)6-12-25(33)32-22-10-11-23(32)17-31(16-22)15-18-3-8-21(28)9-4-18/h3-9,12,14,22-23H,2,10-11,13,15-17H2,1H3,(H2,29,30,34). The molecular formula is C26H30ClFN4O2. The Hall–Kier alpha value is -2.90. The van der Waals surface area contributed by atoms with Crippen molar-refractivity contribution in [2.45, 2.75) is 44.8 Å². The van der Waals surface area contributed by atoms with Crippen molar-refractivity contribution in [1.82, 2.24) is 15.1 Å². The van der Waals surface area contributed by atoms with Crippen molar-refractivity contribution in [3.8, 4) is 0 Å². The summed E-state index contributed by atoms with van der Waals surface area (Å²) in [6.45, 7) is 4.92. The number of nitrogens with zero attached hydrogens (tertiary/aromatic N) is 2. The molecule has 0 radical (unpaired) electrons. The molecule has 8 heteroatoms. The molecule has 6 nitrogen and oxygen atoms in total. The molecule has 2 fully saturated rings. The summed E-state index contributed by atoms with van der Waals surface area (Å²) in [5.74, 6) is -0.253. The molecule has 2 heterocycles. The Kier molecular flexibility index (Phi) is 7.85. The zero-order chi connectivity index (χ0) is 24.1. The van der Waals surface area contributed by atoms with Gasteiger partial charge >= 0.3 is 6.03 Å². The smallest absolute Gasteiger partial charge is 0.319 e. The fourth-order valence-electron chi connectivity index (χ4n) is 4.76. The van der Waals surface area contributed by atoms with Crippen molar-refractivity contribution < 1.29 is 14.0 Å². The molecule has 0 aromatic heterocycles. The lowest BCUT2D eigenvalue weighted by Gasteiger charge is -2.40. The van der Waals surface area contributed by atoms with Crippen LogP contribution in [0.25, 0.3) is 6.08 Å². The Morgan fingerprint density at radius 2 is 1.82 bits per heavy atom. The minimum Gasteiger partial charge on any atom is -0.338 e. The summed E-state index contributed by atoms with van der Waals surface area (Å²) in [6.07, 6.45) is 6.12. The highest BCUT2D eigenvalue weighted by atomic mass is 35.5. The summed E-state index contributed by atoms with van der Waals surface area (Å²) in [4.78, 5) is 29.6. The van der Waals surface area contributed by atoms with Gasteiger partial charge in [-0.3, -0.25) is 9.69 Å². The molecule has 2 aliphatic rings. The number of nitrogens with one attached hydrogen (secondary N) is 2. The van der Waals surface area contributed by atoms with E-state index in [4.69, 9.17) is 11.6 Å². The predicted molar refractivity (Wildman–Crippen MR) is 133 cm³/mol. The van der Waals surface area contributed by atoms with Gasteiger partial charge in [0.1, 0.15) is 5.82 Å². The number of hydrogen-bond acceptors (Lipinski definition) is 3. The van der Waals surface area contributed by atoms with E-state index in [-0.39, 0.29) is 29.8 Å². The molecule has 2 unspecified atom stereocenters. The van der Waals surface area contributed by atoms with Crippen LogP contribution in [0.3, 0.4) is 0 Å². The van der Waals surface area contributed by atoms with E-state index in [1.807, 2.05) is 24.0 Å². The molecule has 2 aromatic rings. The van der Waals surface area contributed by atoms with Crippen LogP contribution in [0.15, 0.2) is 48.5 Å². The largest absolute Gasteiger partial charge is 0.338 e. The van der Waals surface area contributed by atoms with Gasteiger partial charge in [0.15, 0.2) is 0 Å². The highest BCUT2D eigenvalue weighted by Crippen LogP contribution is 2.31. The maximum Gasteiger partial charge on any atom is 0.319 e. The second-order valence-corrected chi connectivity index (χ2v) is 9.33. The van der Waals surface area contributed by atoms with Gasteiger partial charge in [0.2, 0.25) is 5.91 Å². The first-order chi connectivity index (χ1) is 16.4. The van der Waals surface area contributed by atoms with Gasteiger partial charge < -0.3 is 15.5 Å². The second-order valence-electron chi connectivity index (χ2n) is 8.90. The van der Waals surface area contributed by atoms with Gasteiger partial charge in [0, 0.05) is 49.4 Å². The van der Waals surface area contributed by atoms with E-state index in [2.05, 4.69) is 15.5 Å². The average molecular weight is 485 g/mol. The lowest BCUT2D eigenvalue weighted by molar-refractivity contribution is -0.131. The Labute approximate surface area is 204 Å². The number of piperazine rings is 1. The third-order valence-electron chi connectivity index (χ3n) is 6.34. The zero-order valence-electron chi connectivity index (χ0n) is 19.3. The van der Waals surface area contributed by atoms with E-state index in [0.29, 0.717) is 22.8 Å². The van der Waals surface area contributed by atoms with Crippen LogP contribution in [0.1, 0.15) is 37.3 Å². The SMILES string of the molecule is CCCNC(=O)Nc1cc(Cl)ccc1C=CC(=O)N1C2CCC1CN(Cc1ccc(F)cc1)C2. The van der Waals surface area contributed by atoms with Crippen molar-refractivity contribution in [2.24, 2.45) is 0 Å². The summed E-state index contributed by atoms with van der Waals surface area (Å²) >= 11 is 6.12. The maximum atomic E-state index is 13.2. The molecule has 2 saturated heterocycles. The lowest BCUT2D eigenvalue weighted by atomic mass is 10.1. The number of likely N-dealkylation sites (tertiary alicyclic amines) is 1. The molecule has 3 amide bonds. The quantitative estimate of drug-likeness (QED) is 0.549. The first-order valence-corrected chi connectivity index (χ1v) is 12.1. The Balaban J connectivity index is 1.40. The van der Waals surface area contributed by atoms with Crippen LogP contribution < -0.4 is 10.6 Å². The molecule has 2 aliphatic heterocycles. The molecule has 2 atom stereocenters. The molecular weight excluding hydrogens is 455 g/mol. The van der Waals surface area contributed by atoms with E-state index in [9.17, 15) is 14.0 Å². The predicted octanol–water partition coefficient (Wildman–Crippen LogP) is 4.90. The molecule has 2 N–H and O–H groups in total. The van der Waals surface area contributed by atoms with Crippen LogP contribution in [0.2, 0.25) is 5.02 Å². The highest BCUT2D eigenvalue weighted by molar-refractivity contribution is 6.31. The molecule has 0 spiro atoms. The van der Waals surface area contributed by atoms with Gasteiger partial charge in [0.05, 0.1) is 5.69 Å². The summed E-state index contributed by atoms with van der Waals surface area (Å²) in [5, 5.41) is 6.09. The first kappa shape index (κ1) is 24.2. The van der Waals surface area contributed by atoms with Crippen molar-refractivity contribution in [1.29, 1.82) is 0 Å². The fraction of sp³-hybridized carbons (Fsp3) is 0.385. The number of rotatable bonds is 7. The van der Waals surface area contributed by atoms with Gasteiger partial charge in [-0.1, -0.05) is 36.7 Å². The van der Waals surface area contributed by atoms with Crippen LogP contribution >= 0.6 is 11.6 Å². The fourth-order valence-corrected chi connectivity index (χ4v) is 4.93. The van der Waals surface area contributed by atoms with E-state index in [0.717, 1.165) is 44.5 Å². The Morgan fingerprint density at radius 3 is 2.50 bits per heavy atom. The molecule has 0 aliphatic carbocycles. The van der Waals surface area contributed by atoms with Crippen molar-refractivity contribution in [3.05, 3.63) is 70.5 Å². The van der Waals surface area contributed by atoms with Crippen LogP contribution in [-0.4, -0.2) is 53.5 Å². The minimum atomic E-state index is -0.305. The van der Waals surface area contributed by atoms with Crippen LogP contribution in [0.4, 0.5) is 14.9 Å². The monoisotopic (exact) mass is 484 g/mol. The van der Waals surface area contributed by atoms with Gasteiger partial charge in [-0.15, -0.1) is 0 Å². The number of carbonyl (C=O) groups is 2. The highest BCUT2D eigenvalue weighted by Gasteiger charge is 2.41. The number of hydrogen-bond donors (Lipinski definition) is 2. The van der Waals surface area contributed by atoms with Gasteiger partial charge in [-0.25, -0.2) is 9.18 Å². The van der Waals surface area contributed by atoms with Gasteiger partial charge in [-0.2, -0.15) is 0 Å². The van der Waals surface area contributed by atoms with E-state index >= 15 is 0 Å². The Morgan fingerprint density at radius 1 is 1.12 bits per heavy atom. The maximum absolute atomic E-state index is 13.2. The summed E-state index contributed by atoms with van der Waals surface area (Å²) in [6, 6.07) is 11.8. The second kappa shape index (κ2) is 11.0. The van der Waals surface area contributed by atoms with Crippen molar-refractivity contribution in [3.63, 3.8) is 0 Å². The molecule has 2 aromatic carbocycles. The number of amides is 3. The van der Waals surface area contributed by atoms with Crippen LogP contribution in [0.5, 0.6) is 0 Å². The van der Waals surface area contributed by atoms with Gasteiger partial charge in [-0.05, 0) is 60.7 Å². The molecule has 2 bridgehead atoms. The van der Waals surface area contributed by atoms with E-state index in [1.54, 1.807) is 30.4 Å². The molecule has 0 saturated carbocycles. The number of anilines is 1. The van der Waals surface area contributed by atoms with Crippen molar-refractivity contribution in [2.75, 3.05) is 25.0 Å². The number of benzene rings is 2. The van der Waals surface area contributed by atoms with E-state index in [1.165, 1.54) is 12.1 Å². The lowest BCUT2D eigenvalue weighted by Crippen LogP contribution is -2.55.